The number of hydrogen-bond donors (Lipinski definition) is 1. The Morgan fingerprint density at radius 1 is 1.24 bits per heavy atom. The average Bonchev–Trinajstić information content (AvgIpc) is 2.99. The molecular weight excluding hydrogens is 210 g/mol. The third kappa shape index (κ3) is 2.32. The maximum Gasteiger partial charge on any atom is 0.0625 e. The van der Waals surface area contributed by atoms with E-state index in [1.807, 2.05) is 0 Å². The van der Waals surface area contributed by atoms with E-state index in [4.69, 9.17) is 4.74 Å². The van der Waals surface area contributed by atoms with Crippen molar-refractivity contribution in [3.05, 3.63) is 29.8 Å². The maximum absolute atomic E-state index is 5.87. The molecule has 2 aliphatic heterocycles. The van der Waals surface area contributed by atoms with Crippen LogP contribution in [0.1, 0.15) is 31.7 Å². The van der Waals surface area contributed by atoms with E-state index in [9.17, 15) is 0 Å². The van der Waals surface area contributed by atoms with Crippen LogP contribution in [0.3, 0.4) is 0 Å². The van der Waals surface area contributed by atoms with Crippen molar-refractivity contribution in [3.63, 3.8) is 0 Å². The van der Waals surface area contributed by atoms with Gasteiger partial charge in [0, 0.05) is 18.2 Å². The Labute approximate surface area is 103 Å². The van der Waals surface area contributed by atoms with Crippen LogP contribution in [0.15, 0.2) is 24.3 Å². The van der Waals surface area contributed by atoms with Crippen molar-refractivity contribution in [2.24, 2.45) is 5.92 Å². The fourth-order valence-electron chi connectivity index (χ4n) is 3.07. The molecule has 0 radical (unpaired) electrons. The second kappa shape index (κ2) is 4.69. The number of rotatable bonds is 4. The lowest BCUT2D eigenvalue weighted by Crippen LogP contribution is -2.24. The summed E-state index contributed by atoms with van der Waals surface area (Å²) in [5.41, 5.74) is 2.64. The highest BCUT2D eigenvalue weighted by molar-refractivity contribution is 5.44. The molecule has 0 spiro atoms. The molecule has 2 heteroatoms. The van der Waals surface area contributed by atoms with Crippen LogP contribution in [-0.4, -0.2) is 18.8 Å². The topological polar surface area (TPSA) is 21.3 Å². The predicted octanol–water partition coefficient (Wildman–Crippen LogP) is 3.23. The van der Waals surface area contributed by atoms with Crippen LogP contribution in [0.25, 0.3) is 0 Å². The van der Waals surface area contributed by atoms with Gasteiger partial charge in [0.05, 0.1) is 12.2 Å². The number of hydrogen-bond acceptors (Lipinski definition) is 2. The van der Waals surface area contributed by atoms with E-state index in [1.54, 1.807) is 0 Å². The summed E-state index contributed by atoms with van der Waals surface area (Å²) in [5, 5.41) is 3.54. The van der Waals surface area contributed by atoms with Crippen LogP contribution in [-0.2, 0) is 11.2 Å². The molecule has 0 saturated carbocycles. The number of benzene rings is 1. The number of aryl methyl sites for hydroxylation is 1. The molecule has 1 aromatic carbocycles. The highest BCUT2D eigenvalue weighted by Crippen LogP contribution is 2.38. The lowest BCUT2D eigenvalue weighted by molar-refractivity contribution is 0.0941. The maximum atomic E-state index is 5.87. The van der Waals surface area contributed by atoms with Gasteiger partial charge in [0.1, 0.15) is 0 Å². The van der Waals surface area contributed by atoms with E-state index in [2.05, 4.69) is 36.5 Å². The highest BCUT2D eigenvalue weighted by atomic mass is 16.5. The zero-order valence-corrected chi connectivity index (χ0v) is 10.5. The monoisotopic (exact) mass is 231 g/mol. The Bertz CT molecular complexity index is 373. The number of nitrogens with one attached hydrogen (secondary N) is 1. The van der Waals surface area contributed by atoms with Crippen molar-refractivity contribution < 1.29 is 4.74 Å². The van der Waals surface area contributed by atoms with E-state index >= 15 is 0 Å². The molecular formula is C15H21NO. The number of ether oxygens (including phenoxy) is 1. The summed E-state index contributed by atoms with van der Waals surface area (Å²) in [5.74, 6) is 0.722. The minimum absolute atomic E-state index is 0.530. The standard InChI is InChI=1S/C15H21NO/c1-2-11-3-5-13(6-4-11)16-10-12-9-14-7-8-15(12)17-14/h3-6,12,14-16H,2,7-10H2,1H3. The molecule has 17 heavy (non-hydrogen) atoms. The van der Waals surface area contributed by atoms with Crippen molar-refractivity contribution in [3.8, 4) is 0 Å². The van der Waals surface area contributed by atoms with E-state index in [0.717, 1.165) is 18.9 Å². The first-order valence-electron chi connectivity index (χ1n) is 6.83. The zero-order valence-electron chi connectivity index (χ0n) is 10.5. The molecule has 3 rings (SSSR count). The molecule has 1 aromatic rings. The molecule has 2 saturated heterocycles. The molecule has 1 N–H and O–H groups in total. The lowest BCUT2D eigenvalue weighted by Gasteiger charge is -2.19. The third-order valence-electron chi connectivity index (χ3n) is 4.16. The highest BCUT2D eigenvalue weighted by Gasteiger charge is 2.40. The molecule has 2 heterocycles. The first kappa shape index (κ1) is 11.1. The fourth-order valence-corrected chi connectivity index (χ4v) is 3.07. The van der Waals surface area contributed by atoms with Gasteiger partial charge in [0.2, 0.25) is 0 Å². The first-order chi connectivity index (χ1) is 8.35. The lowest BCUT2D eigenvalue weighted by atomic mass is 9.89. The van der Waals surface area contributed by atoms with E-state index in [1.165, 1.54) is 30.5 Å². The second-order valence-corrected chi connectivity index (χ2v) is 5.30. The predicted molar refractivity (Wildman–Crippen MR) is 70.3 cm³/mol. The average molecular weight is 231 g/mol. The van der Waals surface area contributed by atoms with Crippen LogP contribution in [0.2, 0.25) is 0 Å². The molecule has 0 amide bonds. The van der Waals surface area contributed by atoms with Crippen molar-refractivity contribution >= 4 is 5.69 Å². The number of fused-ring (bicyclic) bond motifs is 2. The molecule has 0 aliphatic carbocycles. The molecule has 2 nitrogen and oxygen atoms in total. The van der Waals surface area contributed by atoms with Crippen LogP contribution in [0.4, 0.5) is 5.69 Å². The van der Waals surface area contributed by atoms with Gasteiger partial charge in [-0.05, 0) is 43.4 Å². The van der Waals surface area contributed by atoms with Gasteiger partial charge in [-0.2, -0.15) is 0 Å². The summed E-state index contributed by atoms with van der Waals surface area (Å²) in [6.45, 7) is 3.25. The minimum atomic E-state index is 0.530. The molecule has 2 aliphatic rings. The van der Waals surface area contributed by atoms with Crippen LogP contribution in [0.5, 0.6) is 0 Å². The second-order valence-electron chi connectivity index (χ2n) is 5.30. The van der Waals surface area contributed by atoms with Gasteiger partial charge < -0.3 is 10.1 Å². The summed E-state index contributed by atoms with van der Waals surface area (Å²) < 4.78 is 5.87. The summed E-state index contributed by atoms with van der Waals surface area (Å²) in [4.78, 5) is 0. The normalized spacial score (nSPS) is 30.8. The van der Waals surface area contributed by atoms with Gasteiger partial charge in [0.15, 0.2) is 0 Å². The van der Waals surface area contributed by atoms with Gasteiger partial charge in [-0.1, -0.05) is 19.1 Å². The van der Waals surface area contributed by atoms with Crippen molar-refractivity contribution in [2.75, 3.05) is 11.9 Å². The SMILES string of the molecule is CCc1ccc(NCC2CC3CCC2O3)cc1. The van der Waals surface area contributed by atoms with Gasteiger partial charge in [-0.15, -0.1) is 0 Å². The van der Waals surface area contributed by atoms with Gasteiger partial charge in [0.25, 0.3) is 0 Å². The quantitative estimate of drug-likeness (QED) is 0.859. The van der Waals surface area contributed by atoms with E-state index in [0.29, 0.717) is 12.2 Å². The summed E-state index contributed by atoms with van der Waals surface area (Å²) in [7, 11) is 0. The third-order valence-corrected chi connectivity index (χ3v) is 4.16. The Morgan fingerprint density at radius 2 is 2.06 bits per heavy atom. The number of anilines is 1. The Morgan fingerprint density at radius 3 is 2.65 bits per heavy atom. The zero-order chi connectivity index (χ0) is 11.7. The minimum Gasteiger partial charge on any atom is -0.385 e. The summed E-state index contributed by atoms with van der Waals surface area (Å²) in [6.07, 6.45) is 6.01. The van der Waals surface area contributed by atoms with Crippen molar-refractivity contribution in [2.45, 2.75) is 44.8 Å². The van der Waals surface area contributed by atoms with Crippen LogP contribution >= 0.6 is 0 Å². The van der Waals surface area contributed by atoms with Crippen LogP contribution in [0, 0.1) is 5.92 Å². The smallest absolute Gasteiger partial charge is 0.0625 e. The van der Waals surface area contributed by atoms with Gasteiger partial charge >= 0.3 is 0 Å². The van der Waals surface area contributed by atoms with Gasteiger partial charge in [-0.25, -0.2) is 0 Å². The Balaban J connectivity index is 1.53. The largest absolute Gasteiger partial charge is 0.385 e. The summed E-state index contributed by atoms with van der Waals surface area (Å²) >= 11 is 0. The summed E-state index contributed by atoms with van der Waals surface area (Å²) in [6, 6.07) is 8.79. The first-order valence-corrected chi connectivity index (χ1v) is 6.83. The van der Waals surface area contributed by atoms with Crippen molar-refractivity contribution in [1.82, 2.24) is 0 Å². The van der Waals surface area contributed by atoms with E-state index < -0.39 is 0 Å². The molecule has 3 unspecified atom stereocenters. The van der Waals surface area contributed by atoms with E-state index in [-0.39, 0.29) is 0 Å². The van der Waals surface area contributed by atoms with Crippen LogP contribution < -0.4 is 5.32 Å². The molecule has 2 bridgehead atoms. The molecule has 3 atom stereocenters. The Kier molecular flexibility index (Phi) is 3.06. The van der Waals surface area contributed by atoms with Gasteiger partial charge in [-0.3, -0.25) is 0 Å². The molecule has 92 valence electrons. The van der Waals surface area contributed by atoms with Crippen molar-refractivity contribution in [1.29, 1.82) is 0 Å². The Hall–Kier alpha value is -1.02. The molecule has 2 fully saturated rings. The fraction of sp³-hybridized carbons (Fsp3) is 0.600. The molecule has 0 aromatic heterocycles.